The molecule has 1 aromatic carbocycles. The fourth-order valence-electron chi connectivity index (χ4n) is 2.01. The summed E-state index contributed by atoms with van der Waals surface area (Å²) in [5.41, 5.74) is 2.73. The van der Waals surface area contributed by atoms with Crippen LogP contribution in [0.4, 0.5) is 0 Å². The molecule has 0 bridgehead atoms. The molecule has 0 aliphatic heterocycles. The van der Waals surface area contributed by atoms with Crippen LogP contribution in [0.15, 0.2) is 24.3 Å². The summed E-state index contributed by atoms with van der Waals surface area (Å²) in [6, 6.07) is 8.82. The molecule has 1 atom stereocenters. The average molecular weight is 288 g/mol. The second-order valence-electron chi connectivity index (χ2n) is 4.82. The molecule has 0 amide bonds. The van der Waals surface area contributed by atoms with Gasteiger partial charge in [-0.1, -0.05) is 36.8 Å². The smallest absolute Gasteiger partial charge is 0.0351 e. The topological polar surface area (TPSA) is 3.24 Å². The van der Waals surface area contributed by atoms with Gasteiger partial charge in [0.1, 0.15) is 0 Å². The van der Waals surface area contributed by atoms with Gasteiger partial charge in [-0.25, -0.2) is 0 Å². The molecular weight excluding hydrogens is 265 g/mol. The lowest BCUT2D eigenvalue weighted by Gasteiger charge is -2.22. The van der Waals surface area contributed by atoms with Gasteiger partial charge in [-0.3, -0.25) is 0 Å². The number of alkyl halides is 2. The normalized spacial score (nSPS) is 12.9. The Balaban J connectivity index is 2.43. The Bertz CT molecular complexity index is 318. The van der Waals surface area contributed by atoms with Gasteiger partial charge in [0.05, 0.1) is 0 Å². The number of aryl methyl sites for hydroxylation is 1. The maximum Gasteiger partial charge on any atom is 0.0351 e. The fourth-order valence-corrected chi connectivity index (χ4v) is 2.49. The molecule has 0 radical (unpaired) electrons. The van der Waals surface area contributed by atoms with Crippen molar-refractivity contribution in [2.24, 2.45) is 0 Å². The van der Waals surface area contributed by atoms with E-state index in [1.807, 2.05) is 0 Å². The van der Waals surface area contributed by atoms with E-state index in [1.165, 1.54) is 11.1 Å². The van der Waals surface area contributed by atoms with Crippen molar-refractivity contribution < 1.29 is 0 Å². The molecule has 0 unspecified atom stereocenters. The molecule has 0 saturated heterocycles. The zero-order valence-corrected chi connectivity index (χ0v) is 12.8. The van der Waals surface area contributed by atoms with Crippen molar-refractivity contribution in [2.45, 2.75) is 26.2 Å². The van der Waals surface area contributed by atoms with Gasteiger partial charge in [0.15, 0.2) is 0 Å². The zero-order valence-electron chi connectivity index (χ0n) is 11.3. The minimum absolute atomic E-state index is 0.582. The molecule has 3 heteroatoms. The maximum absolute atomic E-state index is 5.80. The summed E-state index contributed by atoms with van der Waals surface area (Å²) in [6.45, 7) is 7.32. The highest BCUT2D eigenvalue weighted by Crippen LogP contribution is 2.19. The predicted octanol–water partition coefficient (Wildman–Crippen LogP) is 4.27. The van der Waals surface area contributed by atoms with E-state index in [1.54, 1.807) is 0 Å². The van der Waals surface area contributed by atoms with E-state index in [4.69, 9.17) is 23.2 Å². The third kappa shape index (κ3) is 5.60. The summed E-state index contributed by atoms with van der Waals surface area (Å²) < 4.78 is 0. The van der Waals surface area contributed by atoms with Gasteiger partial charge < -0.3 is 4.90 Å². The highest BCUT2D eigenvalue weighted by atomic mass is 35.5. The molecule has 0 heterocycles. The van der Waals surface area contributed by atoms with E-state index in [9.17, 15) is 0 Å². The van der Waals surface area contributed by atoms with Crippen molar-refractivity contribution in [3.05, 3.63) is 35.4 Å². The summed E-state index contributed by atoms with van der Waals surface area (Å²) in [5.74, 6) is 1.93. The minimum Gasteiger partial charge on any atom is -0.301 e. The van der Waals surface area contributed by atoms with Crippen LogP contribution < -0.4 is 0 Å². The first-order valence-electron chi connectivity index (χ1n) is 6.58. The standard InChI is InChI=1S/C15H23Cl2N/c1-13-3-5-15(6-4-13)14(2)7-10-18(11-8-16)12-9-17/h3-6,14H,7-12H2,1-2H3/t14-/m0/s1. The van der Waals surface area contributed by atoms with Gasteiger partial charge in [-0.05, 0) is 31.4 Å². The molecule has 0 aromatic heterocycles. The number of rotatable bonds is 8. The van der Waals surface area contributed by atoms with Crippen molar-refractivity contribution in [1.29, 1.82) is 0 Å². The summed E-state index contributed by atoms with van der Waals surface area (Å²) in [6.07, 6.45) is 1.15. The molecule has 0 aliphatic rings. The number of nitrogens with zero attached hydrogens (tertiary/aromatic N) is 1. The maximum atomic E-state index is 5.80. The zero-order chi connectivity index (χ0) is 13.4. The lowest BCUT2D eigenvalue weighted by molar-refractivity contribution is 0.295. The highest BCUT2D eigenvalue weighted by molar-refractivity contribution is 6.18. The predicted molar refractivity (Wildman–Crippen MR) is 82.1 cm³/mol. The molecule has 1 rings (SSSR count). The molecule has 1 nitrogen and oxygen atoms in total. The number of halogens is 2. The van der Waals surface area contributed by atoms with E-state index < -0.39 is 0 Å². The Morgan fingerprint density at radius 2 is 1.56 bits per heavy atom. The Morgan fingerprint density at radius 1 is 1.00 bits per heavy atom. The van der Waals surface area contributed by atoms with Crippen LogP contribution >= 0.6 is 23.2 Å². The molecule has 0 saturated carbocycles. The number of hydrogen-bond acceptors (Lipinski definition) is 1. The molecular formula is C15H23Cl2N. The lowest BCUT2D eigenvalue weighted by Crippen LogP contribution is -2.29. The van der Waals surface area contributed by atoms with Crippen LogP contribution in [0, 0.1) is 6.92 Å². The molecule has 18 heavy (non-hydrogen) atoms. The van der Waals surface area contributed by atoms with Crippen LogP contribution in [0.1, 0.15) is 30.4 Å². The summed E-state index contributed by atoms with van der Waals surface area (Å²) >= 11 is 11.6. The first-order valence-corrected chi connectivity index (χ1v) is 7.65. The SMILES string of the molecule is Cc1ccc([C@@H](C)CCN(CCCl)CCCl)cc1. The fraction of sp³-hybridized carbons (Fsp3) is 0.600. The molecule has 0 aliphatic carbocycles. The van der Waals surface area contributed by atoms with Crippen molar-refractivity contribution in [1.82, 2.24) is 4.90 Å². The second kappa shape index (κ2) is 8.79. The summed E-state index contributed by atoms with van der Waals surface area (Å²) in [7, 11) is 0. The Labute approximate surface area is 121 Å². The number of benzene rings is 1. The third-order valence-corrected chi connectivity index (χ3v) is 3.66. The van der Waals surface area contributed by atoms with Crippen LogP contribution in [-0.4, -0.2) is 36.3 Å². The van der Waals surface area contributed by atoms with Gasteiger partial charge in [0, 0.05) is 24.8 Å². The summed E-state index contributed by atoms with van der Waals surface area (Å²) in [4.78, 5) is 2.34. The van der Waals surface area contributed by atoms with Crippen molar-refractivity contribution in [2.75, 3.05) is 31.4 Å². The van der Waals surface area contributed by atoms with E-state index in [-0.39, 0.29) is 0 Å². The van der Waals surface area contributed by atoms with Gasteiger partial charge >= 0.3 is 0 Å². The van der Waals surface area contributed by atoms with Crippen molar-refractivity contribution in [3.8, 4) is 0 Å². The first-order chi connectivity index (χ1) is 8.67. The van der Waals surface area contributed by atoms with E-state index in [0.29, 0.717) is 17.7 Å². The van der Waals surface area contributed by atoms with Gasteiger partial charge in [0.25, 0.3) is 0 Å². The molecule has 0 N–H and O–H groups in total. The molecule has 102 valence electrons. The van der Waals surface area contributed by atoms with E-state index >= 15 is 0 Å². The van der Waals surface area contributed by atoms with Crippen molar-refractivity contribution in [3.63, 3.8) is 0 Å². The Hall–Kier alpha value is -0.240. The Morgan fingerprint density at radius 3 is 2.06 bits per heavy atom. The monoisotopic (exact) mass is 287 g/mol. The molecule has 0 fully saturated rings. The number of hydrogen-bond donors (Lipinski definition) is 0. The minimum atomic E-state index is 0.582. The molecule has 1 aromatic rings. The van der Waals surface area contributed by atoms with E-state index in [0.717, 1.165) is 26.1 Å². The van der Waals surface area contributed by atoms with Crippen LogP contribution in [0.2, 0.25) is 0 Å². The lowest BCUT2D eigenvalue weighted by atomic mass is 9.97. The Kier molecular flexibility index (Phi) is 7.73. The van der Waals surface area contributed by atoms with Crippen LogP contribution in [-0.2, 0) is 0 Å². The van der Waals surface area contributed by atoms with Gasteiger partial charge in [0.2, 0.25) is 0 Å². The largest absolute Gasteiger partial charge is 0.301 e. The van der Waals surface area contributed by atoms with Crippen LogP contribution in [0.3, 0.4) is 0 Å². The summed E-state index contributed by atoms with van der Waals surface area (Å²) in [5, 5.41) is 0. The van der Waals surface area contributed by atoms with Crippen LogP contribution in [0.5, 0.6) is 0 Å². The first kappa shape index (κ1) is 15.8. The van der Waals surface area contributed by atoms with Gasteiger partial charge in [-0.2, -0.15) is 0 Å². The van der Waals surface area contributed by atoms with E-state index in [2.05, 4.69) is 43.0 Å². The van der Waals surface area contributed by atoms with Gasteiger partial charge in [-0.15, -0.1) is 23.2 Å². The third-order valence-electron chi connectivity index (χ3n) is 3.33. The average Bonchev–Trinajstić information content (AvgIpc) is 2.37. The highest BCUT2D eigenvalue weighted by Gasteiger charge is 2.09. The quantitative estimate of drug-likeness (QED) is 0.646. The van der Waals surface area contributed by atoms with Crippen LogP contribution in [0.25, 0.3) is 0 Å². The van der Waals surface area contributed by atoms with Crippen molar-refractivity contribution >= 4 is 23.2 Å². The second-order valence-corrected chi connectivity index (χ2v) is 5.58. The molecule has 0 spiro atoms.